The average molecular weight is 1770 g/mol. The van der Waals surface area contributed by atoms with Crippen molar-refractivity contribution < 1.29 is 117 Å². The minimum absolute atomic E-state index is 0.0116. The second kappa shape index (κ2) is 54.3. The van der Waals surface area contributed by atoms with E-state index in [-0.39, 0.29) is 75.9 Å². The summed E-state index contributed by atoms with van der Waals surface area (Å²) in [7, 11) is 0. The minimum atomic E-state index is -2.05. The van der Waals surface area contributed by atoms with E-state index < -0.39 is 260 Å². The first kappa shape index (κ1) is 106. The third-order valence-electron chi connectivity index (χ3n) is 19.0. The average Bonchev–Trinajstić information content (AvgIpc) is 0.860. The lowest BCUT2D eigenvalue weighted by Gasteiger charge is -2.29. The van der Waals surface area contributed by atoms with Crippen LogP contribution in [0.15, 0.2) is 73.2 Å². The molecule has 0 saturated heterocycles. The Hall–Kier alpha value is -12.2. The Labute approximate surface area is 721 Å². The van der Waals surface area contributed by atoms with Gasteiger partial charge in [0.2, 0.25) is 88.6 Å². The van der Waals surface area contributed by atoms with Gasteiger partial charge < -0.3 is 122 Å². The molecule has 124 heavy (non-hydrogen) atoms. The fourth-order valence-corrected chi connectivity index (χ4v) is 12.9. The van der Waals surface area contributed by atoms with Crippen LogP contribution >= 0.6 is 11.8 Å². The molecule has 44 heteroatoms. The monoisotopic (exact) mass is 1760 g/mol. The Morgan fingerprint density at radius 2 is 0.815 bits per heavy atom. The number of nitrogens with two attached hydrogens (primary N) is 3. The maximum Gasteiger partial charge on any atom is 0.326 e. The molecule has 15 amide bonds. The van der Waals surface area contributed by atoms with Crippen LogP contribution in [0.3, 0.4) is 0 Å². The summed E-state index contributed by atoms with van der Waals surface area (Å²) in [6.45, 7) is 12.8. The number of aromatic nitrogens is 2. The van der Waals surface area contributed by atoms with Crippen LogP contribution in [0.1, 0.15) is 150 Å². The lowest BCUT2D eigenvalue weighted by atomic mass is 9.99. The number of amides is 15. The first-order valence-corrected chi connectivity index (χ1v) is 41.8. The number of hydrogen-bond donors (Lipinski definition) is 23. The van der Waals surface area contributed by atoms with Gasteiger partial charge in [0, 0.05) is 25.5 Å². The topological polar surface area (TPSA) is 701 Å². The Balaban J connectivity index is 1.88. The van der Waals surface area contributed by atoms with Crippen LogP contribution in [0.25, 0.3) is 0 Å². The fourth-order valence-electron chi connectivity index (χ4n) is 12.4. The van der Waals surface area contributed by atoms with Crippen molar-refractivity contribution in [3.05, 3.63) is 90.0 Å². The van der Waals surface area contributed by atoms with E-state index in [0.29, 0.717) is 11.3 Å². The fraction of sp³-hybridized carbons (Fsp3) is 0.575. The van der Waals surface area contributed by atoms with Gasteiger partial charge in [-0.05, 0) is 112 Å². The molecule has 0 aliphatic carbocycles. The third-order valence-corrected chi connectivity index (χ3v) is 19.6. The highest BCUT2D eigenvalue weighted by molar-refractivity contribution is 7.98. The number of aromatic amines is 1. The number of carboxylic acids is 4. The summed E-state index contributed by atoms with van der Waals surface area (Å²) < 4.78 is 0. The maximum atomic E-state index is 14.5. The van der Waals surface area contributed by atoms with Gasteiger partial charge in [-0.1, -0.05) is 116 Å². The highest BCUT2D eigenvalue weighted by atomic mass is 32.2. The minimum Gasteiger partial charge on any atom is -0.481 e. The second-order valence-corrected chi connectivity index (χ2v) is 32.3. The van der Waals surface area contributed by atoms with E-state index in [0.717, 1.165) is 5.56 Å². The SMILES string of the molecule is CSCC[C@H](NC(=O)[C@@H](NC(=O)[C@@H](NC(=O)[C@H](Cc1ccccc1)NC(=O)[C@H](Cc1c[nH]cn1)NC(=O)CNC(=O)[C@H](CC(=O)O)NC(=O)[C@@H](NC(=O)[C@H](CCC(=O)O)NC(=O)[C@H](CC(C)C)NC(=O)[C@H](CC(=O)O)NC(=O)[C@H](CCCCN)NC(=O)[C@H](CC(N)=O)NC(=O)[C@H](CC(C)C)NC(=O)[C@@H](N)Cc1ccccc1)C(C)C)C(C)C)[C@@H](C)O)C(=O)O. The van der Waals surface area contributed by atoms with Crippen LogP contribution in [-0.2, 0) is 110 Å². The lowest BCUT2D eigenvalue weighted by molar-refractivity contribution is -0.143. The molecule has 1 aromatic heterocycles. The molecule has 686 valence electrons. The molecule has 0 bridgehead atoms. The largest absolute Gasteiger partial charge is 0.481 e. The van der Waals surface area contributed by atoms with Crippen LogP contribution < -0.4 is 91.6 Å². The maximum absolute atomic E-state index is 14.5. The number of benzene rings is 2. The highest BCUT2D eigenvalue weighted by Gasteiger charge is 2.40. The van der Waals surface area contributed by atoms with Crippen LogP contribution in [-0.4, -0.2) is 264 Å². The van der Waals surface area contributed by atoms with Gasteiger partial charge in [0.15, 0.2) is 0 Å². The molecule has 0 aliphatic rings. The summed E-state index contributed by atoms with van der Waals surface area (Å²) >= 11 is 1.32. The molecular weight excluding hydrogens is 1640 g/mol. The summed E-state index contributed by atoms with van der Waals surface area (Å²) in [5.41, 5.74) is 18.9. The zero-order chi connectivity index (χ0) is 93.2. The van der Waals surface area contributed by atoms with E-state index >= 15 is 0 Å². The van der Waals surface area contributed by atoms with E-state index in [4.69, 9.17) is 17.2 Å². The summed E-state index contributed by atoms with van der Waals surface area (Å²) in [5.74, 6) is -24.7. The standard InChI is InChI=1S/C80H121N19O24S/c1-40(2)29-52(91-67(109)48(82)31-45-19-13-11-14-20-45)72(114)94-56(34-59(83)101)74(116)88-49(23-17-18-27-81)69(111)95-58(36-63(107)108)75(117)92-53(30-41(3)4)71(113)89-50(24-25-61(103)104)70(112)97-64(42(5)6)77(119)96-57(35-62(105)106)68(110)85-38-60(102)87-55(33-47-37-84-39-86-47)73(115)93-54(32-46-21-15-12-16-22-46)76(118)98-65(43(7)8)78(120)99-66(44(9)100)79(121)90-51(80(122)123)26-28-124-10/h11-16,19-22,37,39-44,48-58,64-66,100H,17-18,23-36,38,81-82H2,1-10H3,(H2,83,101)(H,84,86)(H,85,110)(H,87,102)(H,88,116)(H,89,113)(H,90,121)(H,91,109)(H,92,117)(H,93,115)(H,94,114)(H,95,111)(H,96,119)(H,97,112)(H,98,118)(H,99,120)(H,103,104)(H,105,106)(H,107,108)(H,122,123)/t44-,48+,49+,50+,51+,52+,53+,54+,55+,56+,57+,58+,64+,65+,66+/m1/s1. The molecule has 0 saturated carbocycles. The number of imidazole rings is 1. The number of nitrogens with zero attached hydrogens (tertiary/aromatic N) is 1. The van der Waals surface area contributed by atoms with Crippen molar-refractivity contribution in [3.63, 3.8) is 0 Å². The number of aliphatic carboxylic acids is 4. The number of aliphatic hydroxyl groups is 1. The Kier molecular flexibility index (Phi) is 46.4. The number of aliphatic hydroxyl groups excluding tert-OH is 1. The molecule has 3 rings (SSSR count). The van der Waals surface area contributed by atoms with Crippen molar-refractivity contribution >= 4 is 124 Å². The third kappa shape index (κ3) is 39.3. The summed E-state index contributed by atoms with van der Waals surface area (Å²) in [4.78, 5) is 265. The molecule has 15 atom stereocenters. The molecule has 3 aromatic rings. The van der Waals surface area contributed by atoms with Crippen LogP contribution in [0.2, 0.25) is 0 Å². The van der Waals surface area contributed by atoms with Crippen LogP contribution in [0.5, 0.6) is 0 Å². The van der Waals surface area contributed by atoms with E-state index in [1.165, 1.54) is 45.1 Å². The molecular formula is C80H121N19O24S. The van der Waals surface area contributed by atoms with Gasteiger partial charge in [-0.3, -0.25) is 86.3 Å². The van der Waals surface area contributed by atoms with Crippen molar-refractivity contribution in [2.45, 2.75) is 243 Å². The van der Waals surface area contributed by atoms with Crippen molar-refractivity contribution in [1.82, 2.24) is 84.4 Å². The first-order chi connectivity index (χ1) is 58.3. The number of primary amides is 1. The predicted molar refractivity (Wildman–Crippen MR) is 448 cm³/mol. The molecule has 0 unspecified atom stereocenters. The molecule has 1 heterocycles. The number of thioether (sulfide) groups is 1. The molecule has 26 N–H and O–H groups in total. The zero-order valence-corrected chi connectivity index (χ0v) is 71.8. The molecule has 0 radical (unpaired) electrons. The molecule has 0 spiro atoms. The Morgan fingerprint density at radius 1 is 0.419 bits per heavy atom. The zero-order valence-electron chi connectivity index (χ0n) is 71.0. The van der Waals surface area contributed by atoms with Crippen molar-refractivity contribution in [1.29, 1.82) is 0 Å². The van der Waals surface area contributed by atoms with Crippen LogP contribution in [0.4, 0.5) is 0 Å². The number of rotatable bonds is 58. The van der Waals surface area contributed by atoms with Gasteiger partial charge in [-0.25, -0.2) is 9.78 Å². The number of unbranched alkanes of at least 4 members (excludes halogenated alkanes) is 1. The van der Waals surface area contributed by atoms with E-state index in [1.54, 1.807) is 108 Å². The number of nitrogens with one attached hydrogen (secondary N) is 15. The lowest BCUT2D eigenvalue weighted by Crippen LogP contribution is -2.62. The normalized spacial score (nSPS) is 14.8. The number of carbonyl (C=O) groups excluding carboxylic acids is 15. The van der Waals surface area contributed by atoms with Crippen LogP contribution in [0, 0.1) is 23.7 Å². The Morgan fingerprint density at radius 3 is 1.27 bits per heavy atom. The molecule has 0 fully saturated rings. The molecule has 0 aliphatic heterocycles. The van der Waals surface area contributed by atoms with Gasteiger partial charge in [0.1, 0.15) is 78.5 Å². The first-order valence-electron chi connectivity index (χ1n) is 40.4. The van der Waals surface area contributed by atoms with Gasteiger partial charge in [-0.15, -0.1) is 0 Å². The van der Waals surface area contributed by atoms with E-state index in [9.17, 15) is 117 Å². The summed E-state index contributed by atoms with van der Waals surface area (Å²) in [6.07, 6.45) is -2.50. The number of carboxylic acid groups (broad SMARTS) is 4. The highest BCUT2D eigenvalue weighted by Crippen LogP contribution is 2.16. The molecule has 43 nitrogen and oxygen atoms in total. The number of hydrogen-bond acceptors (Lipinski definition) is 24. The summed E-state index contributed by atoms with van der Waals surface area (Å²) in [6, 6.07) is -6.00. The van der Waals surface area contributed by atoms with Gasteiger partial charge in [0.05, 0.1) is 50.0 Å². The smallest absolute Gasteiger partial charge is 0.326 e. The number of H-pyrrole nitrogens is 1. The van der Waals surface area contributed by atoms with Crippen molar-refractivity contribution in [3.8, 4) is 0 Å². The quantitative estimate of drug-likeness (QED) is 0.0237. The van der Waals surface area contributed by atoms with Crippen molar-refractivity contribution in [2.75, 3.05) is 25.1 Å². The number of carbonyl (C=O) groups is 19. The van der Waals surface area contributed by atoms with Gasteiger partial charge >= 0.3 is 23.9 Å². The van der Waals surface area contributed by atoms with E-state index in [2.05, 4.69) is 84.4 Å². The Bertz CT molecular complexity index is 4100. The van der Waals surface area contributed by atoms with Gasteiger partial charge in [-0.2, -0.15) is 11.8 Å². The second-order valence-electron chi connectivity index (χ2n) is 31.3. The summed E-state index contributed by atoms with van der Waals surface area (Å²) in [5, 5.41) is 83.7. The van der Waals surface area contributed by atoms with E-state index in [1.807, 2.05) is 0 Å². The predicted octanol–water partition coefficient (Wildman–Crippen LogP) is -4.38. The van der Waals surface area contributed by atoms with Gasteiger partial charge in [0.25, 0.3) is 0 Å². The molecule has 2 aromatic carbocycles. The van der Waals surface area contributed by atoms with Crippen molar-refractivity contribution in [2.24, 2.45) is 40.9 Å².